The summed E-state index contributed by atoms with van der Waals surface area (Å²) in [6.07, 6.45) is 4.16. The van der Waals surface area contributed by atoms with E-state index in [1.54, 1.807) is 0 Å². The Bertz CT molecular complexity index is 338. The standard InChI is InChI=1S/C13H18ClNO/c1-9-3-4-12(15-7-9)6-13(14)11-5-10(2)16-8-11/h3-4,7,10-11,13H,5-6,8H2,1-2H3. The van der Waals surface area contributed by atoms with Crippen molar-refractivity contribution in [3.05, 3.63) is 29.6 Å². The summed E-state index contributed by atoms with van der Waals surface area (Å²) >= 11 is 6.41. The van der Waals surface area contributed by atoms with Gasteiger partial charge in [-0.25, -0.2) is 0 Å². The van der Waals surface area contributed by atoms with Crippen LogP contribution in [0, 0.1) is 12.8 Å². The minimum Gasteiger partial charge on any atom is -0.378 e. The molecule has 2 heterocycles. The van der Waals surface area contributed by atoms with Gasteiger partial charge in [0.2, 0.25) is 0 Å². The van der Waals surface area contributed by atoms with Crippen LogP contribution in [0.1, 0.15) is 24.6 Å². The highest BCUT2D eigenvalue weighted by Crippen LogP contribution is 2.27. The van der Waals surface area contributed by atoms with Gasteiger partial charge in [-0.2, -0.15) is 0 Å². The lowest BCUT2D eigenvalue weighted by Gasteiger charge is -2.14. The molecule has 3 atom stereocenters. The van der Waals surface area contributed by atoms with Crippen LogP contribution in [-0.2, 0) is 11.2 Å². The number of aryl methyl sites for hydroxylation is 1. The molecule has 0 N–H and O–H groups in total. The average Bonchev–Trinajstić information content (AvgIpc) is 2.68. The van der Waals surface area contributed by atoms with E-state index in [1.807, 2.05) is 13.1 Å². The van der Waals surface area contributed by atoms with Crippen LogP contribution in [0.15, 0.2) is 18.3 Å². The highest BCUT2D eigenvalue weighted by molar-refractivity contribution is 6.20. The smallest absolute Gasteiger partial charge is 0.0551 e. The summed E-state index contributed by atoms with van der Waals surface area (Å²) in [7, 11) is 0. The van der Waals surface area contributed by atoms with Crippen molar-refractivity contribution in [2.45, 2.75) is 38.2 Å². The summed E-state index contributed by atoms with van der Waals surface area (Å²) in [4.78, 5) is 4.38. The third-order valence-corrected chi connectivity index (χ3v) is 3.63. The molecule has 0 aromatic carbocycles. The second kappa shape index (κ2) is 5.15. The second-order valence-electron chi connectivity index (χ2n) is 4.69. The van der Waals surface area contributed by atoms with Crippen LogP contribution in [-0.4, -0.2) is 23.1 Å². The van der Waals surface area contributed by atoms with Gasteiger partial charge in [-0.1, -0.05) is 6.07 Å². The third kappa shape index (κ3) is 2.96. The van der Waals surface area contributed by atoms with Crippen molar-refractivity contribution in [3.8, 4) is 0 Å². The molecular weight excluding hydrogens is 222 g/mol. The number of ether oxygens (including phenoxy) is 1. The van der Waals surface area contributed by atoms with Crippen molar-refractivity contribution in [1.29, 1.82) is 0 Å². The van der Waals surface area contributed by atoms with Crippen molar-refractivity contribution in [3.63, 3.8) is 0 Å². The Morgan fingerprint density at radius 3 is 2.94 bits per heavy atom. The highest BCUT2D eigenvalue weighted by Gasteiger charge is 2.28. The van der Waals surface area contributed by atoms with Gasteiger partial charge in [-0.3, -0.25) is 4.98 Å². The fourth-order valence-electron chi connectivity index (χ4n) is 2.09. The van der Waals surface area contributed by atoms with Gasteiger partial charge in [-0.05, 0) is 31.9 Å². The Kier molecular flexibility index (Phi) is 3.82. The lowest BCUT2D eigenvalue weighted by atomic mass is 9.98. The van der Waals surface area contributed by atoms with Crippen LogP contribution >= 0.6 is 11.6 Å². The maximum absolute atomic E-state index is 6.41. The zero-order chi connectivity index (χ0) is 11.5. The summed E-state index contributed by atoms with van der Waals surface area (Å²) < 4.78 is 5.54. The van der Waals surface area contributed by atoms with Crippen LogP contribution < -0.4 is 0 Å². The Morgan fingerprint density at radius 1 is 1.56 bits per heavy atom. The zero-order valence-electron chi connectivity index (χ0n) is 9.82. The van der Waals surface area contributed by atoms with E-state index in [2.05, 4.69) is 24.0 Å². The molecule has 1 aromatic heterocycles. The van der Waals surface area contributed by atoms with Gasteiger partial charge in [0.25, 0.3) is 0 Å². The monoisotopic (exact) mass is 239 g/mol. The first kappa shape index (κ1) is 11.9. The molecule has 0 bridgehead atoms. The number of rotatable bonds is 3. The summed E-state index contributed by atoms with van der Waals surface area (Å²) in [5.41, 5.74) is 2.26. The predicted molar refractivity (Wildman–Crippen MR) is 65.8 cm³/mol. The fourth-order valence-corrected chi connectivity index (χ4v) is 2.42. The number of alkyl halides is 1. The first-order chi connectivity index (χ1) is 7.65. The number of nitrogens with zero attached hydrogens (tertiary/aromatic N) is 1. The van der Waals surface area contributed by atoms with Crippen LogP contribution in [0.5, 0.6) is 0 Å². The molecule has 3 heteroatoms. The largest absolute Gasteiger partial charge is 0.378 e. The van der Waals surface area contributed by atoms with Crippen molar-refractivity contribution < 1.29 is 4.74 Å². The maximum Gasteiger partial charge on any atom is 0.0551 e. The molecule has 16 heavy (non-hydrogen) atoms. The number of aromatic nitrogens is 1. The minimum atomic E-state index is 0.139. The predicted octanol–water partition coefficient (Wildman–Crippen LogP) is 2.96. The number of hydrogen-bond acceptors (Lipinski definition) is 2. The van der Waals surface area contributed by atoms with E-state index in [0.29, 0.717) is 12.0 Å². The van der Waals surface area contributed by atoms with Crippen molar-refractivity contribution >= 4 is 11.6 Å². The van der Waals surface area contributed by atoms with Gasteiger partial charge in [0.05, 0.1) is 12.7 Å². The SMILES string of the molecule is Cc1ccc(CC(Cl)C2COC(C)C2)nc1. The van der Waals surface area contributed by atoms with Gasteiger partial charge < -0.3 is 4.74 Å². The van der Waals surface area contributed by atoms with Gasteiger partial charge in [0.15, 0.2) is 0 Å². The van der Waals surface area contributed by atoms with Crippen LogP contribution in [0.3, 0.4) is 0 Å². The number of pyridine rings is 1. The number of halogens is 1. The van der Waals surface area contributed by atoms with E-state index in [4.69, 9.17) is 16.3 Å². The van der Waals surface area contributed by atoms with Crippen LogP contribution in [0.25, 0.3) is 0 Å². The lowest BCUT2D eigenvalue weighted by molar-refractivity contribution is 0.119. The summed E-state index contributed by atoms with van der Waals surface area (Å²) in [6, 6.07) is 4.14. The Hall–Kier alpha value is -0.600. The quantitative estimate of drug-likeness (QED) is 0.757. The van der Waals surface area contributed by atoms with Gasteiger partial charge in [0.1, 0.15) is 0 Å². The first-order valence-electron chi connectivity index (χ1n) is 5.82. The molecule has 0 saturated carbocycles. The van der Waals surface area contributed by atoms with Crippen molar-refractivity contribution in [2.75, 3.05) is 6.61 Å². The molecule has 0 amide bonds. The van der Waals surface area contributed by atoms with E-state index in [1.165, 1.54) is 5.56 Å². The third-order valence-electron chi connectivity index (χ3n) is 3.12. The van der Waals surface area contributed by atoms with E-state index in [9.17, 15) is 0 Å². The molecular formula is C13H18ClNO. The zero-order valence-corrected chi connectivity index (χ0v) is 10.6. The molecule has 88 valence electrons. The van der Waals surface area contributed by atoms with Gasteiger partial charge in [-0.15, -0.1) is 11.6 Å². The molecule has 3 unspecified atom stereocenters. The Balaban J connectivity index is 1.91. The molecule has 0 spiro atoms. The summed E-state index contributed by atoms with van der Waals surface area (Å²) in [6.45, 7) is 4.94. The molecule has 2 rings (SSSR count). The maximum atomic E-state index is 6.41. The molecule has 1 aromatic rings. The topological polar surface area (TPSA) is 22.1 Å². The fraction of sp³-hybridized carbons (Fsp3) is 0.615. The Labute approximate surface area is 102 Å². The van der Waals surface area contributed by atoms with Crippen molar-refractivity contribution in [2.24, 2.45) is 5.92 Å². The molecule has 1 aliphatic rings. The molecule has 0 radical (unpaired) electrons. The van der Waals surface area contributed by atoms with Gasteiger partial charge >= 0.3 is 0 Å². The Morgan fingerprint density at radius 2 is 2.38 bits per heavy atom. The normalized spacial score (nSPS) is 26.9. The molecule has 2 nitrogen and oxygen atoms in total. The summed E-state index contributed by atoms with van der Waals surface area (Å²) in [5.74, 6) is 0.472. The molecule has 1 saturated heterocycles. The average molecular weight is 240 g/mol. The van der Waals surface area contributed by atoms with Gasteiger partial charge in [0, 0.05) is 29.6 Å². The molecule has 0 aliphatic carbocycles. The number of hydrogen-bond donors (Lipinski definition) is 0. The highest BCUT2D eigenvalue weighted by atomic mass is 35.5. The van der Waals surface area contributed by atoms with E-state index >= 15 is 0 Å². The van der Waals surface area contributed by atoms with E-state index < -0.39 is 0 Å². The second-order valence-corrected chi connectivity index (χ2v) is 5.25. The molecule has 1 fully saturated rings. The van der Waals surface area contributed by atoms with Crippen LogP contribution in [0.4, 0.5) is 0 Å². The lowest BCUT2D eigenvalue weighted by Crippen LogP contribution is -2.18. The first-order valence-corrected chi connectivity index (χ1v) is 6.26. The summed E-state index contributed by atoms with van der Waals surface area (Å²) in [5, 5.41) is 0.139. The van der Waals surface area contributed by atoms with Crippen LogP contribution in [0.2, 0.25) is 0 Å². The molecule has 1 aliphatic heterocycles. The van der Waals surface area contributed by atoms with E-state index in [0.717, 1.165) is 25.1 Å². The van der Waals surface area contributed by atoms with E-state index in [-0.39, 0.29) is 5.38 Å². The van der Waals surface area contributed by atoms with Crippen molar-refractivity contribution in [1.82, 2.24) is 4.98 Å². The minimum absolute atomic E-state index is 0.139.